The number of carboxylic acid groups (broad SMARTS) is 1. The van der Waals surface area contributed by atoms with Crippen molar-refractivity contribution in [2.24, 2.45) is 0 Å². The fourth-order valence-corrected chi connectivity index (χ4v) is 3.06. The normalized spacial score (nSPS) is 24.5. The van der Waals surface area contributed by atoms with Gasteiger partial charge in [0.05, 0.1) is 6.54 Å². The van der Waals surface area contributed by atoms with Crippen LogP contribution >= 0.6 is 0 Å². The number of alkyl halides is 1. The molecule has 6 heteroatoms. The molecular formula is C15H20FN3O2. The summed E-state index contributed by atoms with van der Waals surface area (Å²) in [4.78, 5) is 16.6. The van der Waals surface area contributed by atoms with Crippen LogP contribution in [0.2, 0.25) is 0 Å². The minimum Gasteiger partial charge on any atom is -0.465 e. The highest BCUT2D eigenvalue weighted by Gasteiger charge is 2.39. The van der Waals surface area contributed by atoms with Crippen LogP contribution in [0.5, 0.6) is 0 Å². The van der Waals surface area contributed by atoms with Gasteiger partial charge >= 0.3 is 6.09 Å². The number of nitrogens with zero attached hydrogens (tertiary/aromatic N) is 2. The van der Waals surface area contributed by atoms with Crippen LogP contribution in [0.1, 0.15) is 30.5 Å². The molecule has 1 amide bonds. The SMILES string of the molecule is O=C(O)N1CC[C@@](F)(CCc2ccc3c(n2)NCCC3)C1. The average molecular weight is 293 g/mol. The largest absolute Gasteiger partial charge is 0.465 e. The third-order valence-electron chi connectivity index (χ3n) is 4.36. The van der Waals surface area contributed by atoms with E-state index in [9.17, 15) is 9.18 Å². The summed E-state index contributed by atoms with van der Waals surface area (Å²) in [6, 6.07) is 4.02. The molecule has 3 rings (SSSR count). The minimum atomic E-state index is -1.41. The van der Waals surface area contributed by atoms with Gasteiger partial charge in [0.15, 0.2) is 0 Å². The van der Waals surface area contributed by atoms with Gasteiger partial charge in [0.2, 0.25) is 0 Å². The molecule has 21 heavy (non-hydrogen) atoms. The molecule has 2 aliphatic rings. The molecule has 0 unspecified atom stereocenters. The van der Waals surface area contributed by atoms with Gasteiger partial charge in [0.1, 0.15) is 11.5 Å². The molecule has 2 aliphatic heterocycles. The smallest absolute Gasteiger partial charge is 0.407 e. The first-order chi connectivity index (χ1) is 10.1. The van der Waals surface area contributed by atoms with Crippen molar-refractivity contribution in [2.45, 2.75) is 37.8 Å². The van der Waals surface area contributed by atoms with E-state index in [2.05, 4.69) is 16.4 Å². The van der Waals surface area contributed by atoms with Crippen LogP contribution in [0.15, 0.2) is 12.1 Å². The Bertz CT molecular complexity index is 552. The first-order valence-electron chi connectivity index (χ1n) is 7.45. The number of fused-ring (bicyclic) bond motifs is 1. The zero-order chi connectivity index (χ0) is 14.9. The number of anilines is 1. The second kappa shape index (κ2) is 5.50. The van der Waals surface area contributed by atoms with E-state index in [-0.39, 0.29) is 19.5 Å². The maximum atomic E-state index is 14.6. The zero-order valence-corrected chi connectivity index (χ0v) is 11.9. The summed E-state index contributed by atoms with van der Waals surface area (Å²) in [5.41, 5.74) is 0.676. The molecule has 0 aromatic carbocycles. The molecule has 1 atom stereocenters. The lowest BCUT2D eigenvalue weighted by molar-refractivity contribution is 0.129. The number of halogens is 1. The second-order valence-electron chi connectivity index (χ2n) is 5.95. The fourth-order valence-electron chi connectivity index (χ4n) is 3.06. The van der Waals surface area contributed by atoms with Gasteiger partial charge in [-0.15, -0.1) is 0 Å². The summed E-state index contributed by atoms with van der Waals surface area (Å²) in [7, 11) is 0. The van der Waals surface area contributed by atoms with Crippen molar-refractivity contribution in [3.05, 3.63) is 23.4 Å². The Kier molecular flexibility index (Phi) is 3.69. The van der Waals surface area contributed by atoms with E-state index in [1.165, 1.54) is 5.56 Å². The number of hydrogen-bond acceptors (Lipinski definition) is 3. The van der Waals surface area contributed by atoms with Crippen molar-refractivity contribution >= 4 is 11.9 Å². The second-order valence-corrected chi connectivity index (χ2v) is 5.95. The molecule has 0 saturated carbocycles. The number of likely N-dealkylation sites (tertiary alicyclic amines) is 1. The van der Waals surface area contributed by atoms with Crippen LogP contribution in [0.25, 0.3) is 0 Å². The van der Waals surface area contributed by atoms with Crippen LogP contribution in [-0.2, 0) is 12.8 Å². The molecule has 1 saturated heterocycles. The molecule has 1 fully saturated rings. The van der Waals surface area contributed by atoms with Crippen LogP contribution in [0, 0.1) is 0 Å². The Morgan fingerprint density at radius 2 is 2.38 bits per heavy atom. The highest BCUT2D eigenvalue weighted by molar-refractivity contribution is 5.65. The molecule has 0 bridgehead atoms. The van der Waals surface area contributed by atoms with Crippen molar-refractivity contribution in [1.29, 1.82) is 0 Å². The van der Waals surface area contributed by atoms with Crippen LogP contribution < -0.4 is 5.32 Å². The number of nitrogens with one attached hydrogen (secondary N) is 1. The predicted octanol–water partition coefficient (Wildman–Crippen LogP) is 2.46. The molecule has 5 nitrogen and oxygen atoms in total. The zero-order valence-electron chi connectivity index (χ0n) is 11.9. The Balaban J connectivity index is 1.61. The van der Waals surface area contributed by atoms with E-state index in [0.29, 0.717) is 12.8 Å². The third-order valence-corrected chi connectivity index (χ3v) is 4.36. The van der Waals surface area contributed by atoms with Crippen molar-refractivity contribution in [2.75, 3.05) is 25.0 Å². The number of aryl methyl sites for hydroxylation is 2. The Hall–Kier alpha value is -1.85. The highest BCUT2D eigenvalue weighted by atomic mass is 19.1. The molecule has 1 aromatic heterocycles. The van der Waals surface area contributed by atoms with Crippen LogP contribution in [-0.4, -0.2) is 46.4 Å². The number of aromatic nitrogens is 1. The lowest BCUT2D eigenvalue weighted by atomic mass is 9.97. The van der Waals surface area contributed by atoms with Gasteiger partial charge in [-0.2, -0.15) is 0 Å². The van der Waals surface area contributed by atoms with Crippen LogP contribution in [0.4, 0.5) is 15.0 Å². The first-order valence-corrected chi connectivity index (χ1v) is 7.45. The Labute approximate surface area is 123 Å². The van der Waals surface area contributed by atoms with Crippen LogP contribution in [0.3, 0.4) is 0 Å². The van der Waals surface area contributed by atoms with E-state index in [4.69, 9.17) is 5.11 Å². The minimum absolute atomic E-state index is 0.0223. The fraction of sp³-hybridized carbons (Fsp3) is 0.600. The Morgan fingerprint density at radius 3 is 3.14 bits per heavy atom. The Morgan fingerprint density at radius 1 is 1.52 bits per heavy atom. The summed E-state index contributed by atoms with van der Waals surface area (Å²) in [6.45, 7) is 1.20. The molecule has 2 N–H and O–H groups in total. The highest BCUT2D eigenvalue weighted by Crippen LogP contribution is 2.30. The molecule has 114 valence electrons. The molecule has 0 aliphatic carbocycles. The molecule has 0 spiro atoms. The molecular weight excluding hydrogens is 273 g/mol. The van der Waals surface area contributed by atoms with Crippen molar-refractivity contribution < 1.29 is 14.3 Å². The van der Waals surface area contributed by atoms with Gasteiger partial charge in [-0.3, -0.25) is 0 Å². The molecule has 3 heterocycles. The molecule has 1 aromatic rings. The summed E-state index contributed by atoms with van der Waals surface area (Å²) in [6.07, 6.45) is 2.26. The third kappa shape index (κ3) is 3.09. The summed E-state index contributed by atoms with van der Waals surface area (Å²) in [5, 5.41) is 12.2. The number of pyridine rings is 1. The number of amides is 1. The van der Waals surface area contributed by atoms with Crippen molar-refractivity contribution in [3.8, 4) is 0 Å². The van der Waals surface area contributed by atoms with Gasteiger partial charge in [-0.05, 0) is 37.3 Å². The van der Waals surface area contributed by atoms with E-state index >= 15 is 0 Å². The predicted molar refractivity (Wildman–Crippen MR) is 77.4 cm³/mol. The van der Waals surface area contributed by atoms with E-state index in [0.717, 1.165) is 35.8 Å². The van der Waals surface area contributed by atoms with Gasteiger partial charge in [-0.1, -0.05) is 6.07 Å². The van der Waals surface area contributed by atoms with Crippen molar-refractivity contribution in [1.82, 2.24) is 9.88 Å². The topological polar surface area (TPSA) is 65.5 Å². The van der Waals surface area contributed by atoms with Gasteiger partial charge in [0.25, 0.3) is 0 Å². The number of carbonyl (C=O) groups is 1. The summed E-state index contributed by atoms with van der Waals surface area (Å²) in [5.74, 6) is 0.922. The maximum Gasteiger partial charge on any atom is 0.407 e. The number of hydrogen-bond donors (Lipinski definition) is 2. The van der Waals surface area contributed by atoms with Gasteiger partial charge < -0.3 is 15.3 Å². The molecule has 0 radical (unpaired) electrons. The average Bonchev–Trinajstić information content (AvgIpc) is 2.88. The number of rotatable bonds is 3. The summed E-state index contributed by atoms with van der Waals surface area (Å²) >= 11 is 0. The van der Waals surface area contributed by atoms with E-state index < -0.39 is 11.8 Å². The lowest BCUT2D eigenvalue weighted by Crippen LogP contribution is -2.32. The standard InChI is InChI=1S/C15H20FN3O2/c16-15(7-9-19(10-15)14(20)21)6-5-12-4-3-11-2-1-8-17-13(11)18-12/h3-4H,1-2,5-10H2,(H,17,18)(H,20,21)/t15-/m0/s1. The monoisotopic (exact) mass is 293 g/mol. The van der Waals surface area contributed by atoms with Crippen molar-refractivity contribution in [3.63, 3.8) is 0 Å². The summed E-state index contributed by atoms with van der Waals surface area (Å²) < 4.78 is 14.6. The maximum absolute atomic E-state index is 14.6. The van der Waals surface area contributed by atoms with E-state index in [1.54, 1.807) is 0 Å². The first kappa shape index (κ1) is 14.1. The lowest BCUT2D eigenvalue weighted by Gasteiger charge is -2.20. The van der Waals surface area contributed by atoms with Gasteiger partial charge in [0, 0.05) is 25.2 Å². The van der Waals surface area contributed by atoms with E-state index in [1.807, 2.05) is 6.07 Å². The van der Waals surface area contributed by atoms with Gasteiger partial charge in [-0.25, -0.2) is 14.2 Å². The quantitative estimate of drug-likeness (QED) is 0.898.